The molecule has 0 radical (unpaired) electrons. The molecule has 2 heterocycles. The van der Waals surface area contributed by atoms with E-state index in [-0.39, 0.29) is 39.2 Å². The number of hydrogen-bond donors (Lipinski definition) is 0. The highest BCUT2D eigenvalue weighted by Gasteiger charge is 2.49. The summed E-state index contributed by atoms with van der Waals surface area (Å²) in [4.78, 5) is 7.80. The van der Waals surface area contributed by atoms with Gasteiger partial charge >= 0.3 is 0 Å². The van der Waals surface area contributed by atoms with Crippen LogP contribution in [0.2, 0.25) is 0 Å². The second kappa shape index (κ2) is 17.1. The van der Waals surface area contributed by atoms with E-state index in [1.54, 1.807) is 0 Å². The molecule has 1 aliphatic carbocycles. The van der Waals surface area contributed by atoms with E-state index >= 15 is 0 Å². The van der Waals surface area contributed by atoms with Crippen molar-refractivity contribution in [3.05, 3.63) is 203 Å². The number of rotatable bonds is 5. The topological polar surface area (TPSA) is 9.72 Å². The molecule has 0 bridgehead atoms. The lowest BCUT2D eigenvalue weighted by Crippen LogP contribution is -2.61. The Balaban J connectivity index is 1.30. The lowest BCUT2D eigenvalue weighted by Gasteiger charge is -2.46. The number of anilines is 9. The largest absolute Gasteiger partial charge is 0.311 e. The van der Waals surface area contributed by atoms with Crippen molar-refractivity contribution in [2.24, 2.45) is 0 Å². The lowest BCUT2D eigenvalue weighted by atomic mass is 9.33. The Morgan fingerprint density at radius 3 is 1.31 bits per heavy atom. The number of benzene rings is 8. The molecule has 3 aliphatic rings. The average Bonchev–Trinajstić information content (AvgIpc) is 3.60. The molecule has 0 aromatic heterocycles. The van der Waals surface area contributed by atoms with Gasteiger partial charge in [0.15, 0.2) is 0 Å². The standard InChI is InChI=1S/C71H78BN3/c1-66(2,3)45-25-34-50(35-26-45)73(51-36-27-46(28-37-51)67(4,5)6)61-44-57-65(62-54-21-18-19-22-55(54)71(16,17)63(61)62)75(53-40-31-48(32-41-53)69(10,11)12)60-24-20-23-59-64(60)72(57)56-43-49(70(13,14)15)33-42-58(56)74(59)52-38-29-47(30-39-52)68(7,8)9/h18-44H,1-17H3. The molecule has 0 fully saturated rings. The van der Waals surface area contributed by atoms with Gasteiger partial charge < -0.3 is 14.7 Å². The molecule has 11 rings (SSSR count). The third kappa shape index (κ3) is 8.34. The normalized spacial score (nSPS) is 14.8. The van der Waals surface area contributed by atoms with Crippen LogP contribution in [0.5, 0.6) is 0 Å². The van der Waals surface area contributed by atoms with Crippen LogP contribution < -0.4 is 31.1 Å². The minimum Gasteiger partial charge on any atom is -0.311 e. The van der Waals surface area contributed by atoms with Gasteiger partial charge in [0.05, 0.1) is 5.69 Å². The van der Waals surface area contributed by atoms with Gasteiger partial charge in [-0.05, 0) is 161 Å². The van der Waals surface area contributed by atoms with Crippen molar-refractivity contribution in [1.29, 1.82) is 0 Å². The van der Waals surface area contributed by atoms with Crippen molar-refractivity contribution in [2.45, 2.75) is 150 Å². The minimum absolute atomic E-state index is 0.00555. The highest BCUT2D eigenvalue weighted by atomic mass is 15.2. The fourth-order valence-corrected chi connectivity index (χ4v) is 12.4. The molecule has 0 atom stereocenters. The van der Waals surface area contributed by atoms with Crippen LogP contribution in [-0.2, 0) is 32.5 Å². The summed E-state index contributed by atoms with van der Waals surface area (Å²) >= 11 is 0. The average molecular weight is 984 g/mol. The van der Waals surface area contributed by atoms with Crippen LogP contribution in [0.25, 0.3) is 11.1 Å². The van der Waals surface area contributed by atoms with E-state index in [4.69, 9.17) is 0 Å². The van der Waals surface area contributed by atoms with Gasteiger partial charge in [0.25, 0.3) is 6.71 Å². The van der Waals surface area contributed by atoms with Gasteiger partial charge in [-0.25, -0.2) is 0 Å². The Labute approximate surface area is 450 Å². The van der Waals surface area contributed by atoms with Gasteiger partial charge in [0.2, 0.25) is 0 Å². The second-order valence-corrected chi connectivity index (χ2v) is 27.6. The van der Waals surface area contributed by atoms with E-state index in [1.807, 2.05) is 0 Å². The highest BCUT2D eigenvalue weighted by molar-refractivity contribution is 7.00. The second-order valence-electron chi connectivity index (χ2n) is 27.6. The zero-order valence-electron chi connectivity index (χ0n) is 48.0. The Morgan fingerprint density at radius 2 is 0.827 bits per heavy atom. The molecule has 8 aromatic carbocycles. The lowest BCUT2D eigenvalue weighted by molar-refractivity contribution is 0.590. The van der Waals surface area contributed by atoms with Crippen LogP contribution in [0, 0.1) is 0 Å². The van der Waals surface area contributed by atoms with E-state index in [0.29, 0.717) is 0 Å². The van der Waals surface area contributed by atoms with Gasteiger partial charge in [-0.1, -0.05) is 209 Å². The first-order valence-corrected chi connectivity index (χ1v) is 27.6. The summed E-state index contributed by atoms with van der Waals surface area (Å²) in [5.41, 5.74) is 26.3. The predicted octanol–water partition coefficient (Wildman–Crippen LogP) is 18.0. The molecule has 0 amide bonds. The summed E-state index contributed by atoms with van der Waals surface area (Å²) in [6.07, 6.45) is 0. The molecular weight excluding hydrogens is 906 g/mol. The van der Waals surface area contributed by atoms with Crippen molar-refractivity contribution in [2.75, 3.05) is 14.7 Å². The summed E-state index contributed by atoms with van der Waals surface area (Å²) in [6.45, 7) is 39.6. The summed E-state index contributed by atoms with van der Waals surface area (Å²) in [5, 5.41) is 0. The van der Waals surface area contributed by atoms with Gasteiger partial charge in [0.1, 0.15) is 0 Å². The molecule has 4 heteroatoms. The van der Waals surface area contributed by atoms with Crippen molar-refractivity contribution < 1.29 is 0 Å². The molecule has 380 valence electrons. The van der Waals surface area contributed by atoms with Gasteiger partial charge in [-0.2, -0.15) is 0 Å². The number of hydrogen-bond acceptors (Lipinski definition) is 3. The first kappa shape index (κ1) is 50.4. The summed E-state index contributed by atoms with van der Waals surface area (Å²) < 4.78 is 0. The third-order valence-electron chi connectivity index (χ3n) is 16.8. The molecule has 0 saturated carbocycles. The molecule has 3 nitrogen and oxygen atoms in total. The van der Waals surface area contributed by atoms with Crippen molar-refractivity contribution in [3.63, 3.8) is 0 Å². The summed E-state index contributed by atoms with van der Waals surface area (Å²) in [7, 11) is 0. The van der Waals surface area contributed by atoms with Gasteiger partial charge in [0, 0.05) is 56.5 Å². The Hall–Kier alpha value is -6.78. The number of fused-ring (bicyclic) bond motifs is 8. The van der Waals surface area contributed by atoms with Crippen molar-refractivity contribution >= 4 is 74.3 Å². The van der Waals surface area contributed by atoms with Crippen molar-refractivity contribution in [1.82, 2.24) is 0 Å². The number of nitrogens with zero attached hydrogens (tertiary/aromatic N) is 3. The van der Waals surface area contributed by atoms with Crippen LogP contribution in [0.1, 0.15) is 157 Å². The quantitative estimate of drug-likeness (QED) is 0.159. The maximum Gasteiger partial charge on any atom is 0.252 e. The third-order valence-corrected chi connectivity index (χ3v) is 16.8. The molecular formula is C71H78BN3. The molecule has 0 spiro atoms. The van der Waals surface area contributed by atoms with Gasteiger partial charge in [-0.15, -0.1) is 0 Å². The predicted molar refractivity (Wildman–Crippen MR) is 326 cm³/mol. The molecule has 0 saturated heterocycles. The van der Waals surface area contributed by atoms with Crippen molar-refractivity contribution in [3.8, 4) is 11.1 Å². The summed E-state index contributed by atoms with van der Waals surface area (Å²) in [6, 6.07) is 64.1. The molecule has 0 unspecified atom stereocenters. The first-order chi connectivity index (χ1) is 35.1. The Morgan fingerprint density at radius 1 is 0.400 bits per heavy atom. The van der Waals surface area contributed by atoms with E-state index in [9.17, 15) is 0 Å². The Bertz CT molecular complexity index is 3450. The van der Waals surface area contributed by atoms with E-state index < -0.39 is 0 Å². The fraction of sp³-hybridized carbons (Fsp3) is 0.324. The fourth-order valence-electron chi connectivity index (χ4n) is 12.4. The Kier molecular flexibility index (Phi) is 11.5. The minimum atomic E-state index is -0.352. The van der Waals surface area contributed by atoms with Crippen LogP contribution in [0.15, 0.2) is 164 Å². The first-order valence-electron chi connectivity index (χ1n) is 27.6. The van der Waals surface area contributed by atoms with E-state index in [1.165, 1.54) is 101 Å². The smallest absolute Gasteiger partial charge is 0.252 e. The molecule has 0 N–H and O–H groups in total. The zero-order valence-corrected chi connectivity index (χ0v) is 48.0. The van der Waals surface area contributed by atoms with E-state index in [0.717, 1.165) is 17.1 Å². The molecule has 8 aromatic rings. The van der Waals surface area contributed by atoms with Crippen LogP contribution >= 0.6 is 0 Å². The van der Waals surface area contributed by atoms with Crippen LogP contribution in [-0.4, -0.2) is 6.71 Å². The zero-order chi connectivity index (χ0) is 53.5. The highest BCUT2D eigenvalue weighted by Crippen LogP contribution is 2.59. The maximum atomic E-state index is 2.65. The SMILES string of the molecule is CC(C)(C)c1ccc(N(c2ccc(C(C)(C)C)cc2)c2cc3c(c4c2C(C)(C)c2ccccc2-4)N(c2ccc(C(C)(C)C)cc2)c2cccc4c2B3c2cc(C(C)(C)C)ccc2N4c2ccc(C(C)(C)C)cc2)cc1. The monoisotopic (exact) mass is 984 g/mol. The molecule has 2 aliphatic heterocycles. The molecule has 75 heavy (non-hydrogen) atoms. The summed E-state index contributed by atoms with van der Waals surface area (Å²) in [5.74, 6) is 0. The van der Waals surface area contributed by atoms with E-state index in [2.05, 4.69) is 296 Å². The van der Waals surface area contributed by atoms with Crippen LogP contribution in [0.3, 0.4) is 0 Å². The van der Waals surface area contributed by atoms with Gasteiger partial charge in [-0.3, -0.25) is 0 Å². The van der Waals surface area contributed by atoms with Crippen LogP contribution in [0.4, 0.5) is 51.2 Å². The maximum absolute atomic E-state index is 2.65.